The maximum absolute atomic E-state index is 13.5. The molecule has 0 bridgehead atoms. The number of aryl methyl sites for hydroxylation is 1. The molecule has 2 aromatic carbocycles. The number of imidazole rings is 1. The van der Waals surface area contributed by atoms with Crippen molar-refractivity contribution in [3.8, 4) is 11.6 Å². The van der Waals surface area contributed by atoms with E-state index in [1.807, 2.05) is 6.92 Å². The van der Waals surface area contributed by atoms with Crippen LogP contribution in [-0.2, 0) is 4.74 Å². The van der Waals surface area contributed by atoms with E-state index in [0.717, 1.165) is 5.56 Å². The Kier molecular flexibility index (Phi) is 5.98. The molecule has 0 aliphatic carbocycles. The standard InChI is InChI=1S/C24H21FN6O4/c1-14-5-6-18(10-19(14)27-23(32)15-3-2-4-16(25)9-15)35-22-8-7-21-28-20(11-31(21)30-22)29-24(33)26-17-12-34-13-17/h2-11,17H,12-13H2,1H3,(H,27,32)(H2,26,29,33). The lowest BCUT2D eigenvalue weighted by Gasteiger charge is -2.26. The quantitative estimate of drug-likeness (QED) is 0.390. The summed E-state index contributed by atoms with van der Waals surface area (Å²) in [7, 11) is 0. The van der Waals surface area contributed by atoms with Gasteiger partial charge in [0.15, 0.2) is 11.5 Å². The molecule has 3 N–H and O–H groups in total. The summed E-state index contributed by atoms with van der Waals surface area (Å²) >= 11 is 0. The van der Waals surface area contributed by atoms with Gasteiger partial charge in [-0.1, -0.05) is 12.1 Å². The number of amides is 3. The summed E-state index contributed by atoms with van der Waals surface area (Å²) in [5, 5.41) is 12.6. The molecule has 35 heavy (non-hydrogen) atoms. The molecule has 3 heterocycles. The van der Waals surface area contributed by atoms with Crippen molar-refractivity contribution in [2.24, 2.45) is 0 Å². The number of aromatic nitrogens is 3. The molecule has 0 unspecified atom stereocenters. The molecule has 10 nitrogen and oxygen atoms in total. The number of anilines is 2. The normalized spacial score (nSPS) is 13.2. The Bertz CT molecular complexity index is 1420. The van der Waals surface area contributed by atoms with Gasteiger partial charge >= 0.3 is 6.03 Å². The summed E-state index contributed by atoms with van der Waals surface area (Å²) in [6, 6.07) is 13.6. The van der Waals surface area contributed by atoms with Crippen molar-refractivity contribution in [2.45, 2.75) is 13.0 Å². The van der Waals surface area contributed by atoms with Crippen LogP contribution in [0.15, 0.2) is 60.8 Å². The topological polar surface area (TPSA) is 119 Å². The molecular weight excluding hydrogens is 455 g/mol. The maximum Gasteiger partial charge on any atom is 0.320 e. The number of urea groups is 1. The molecule has 178 valence electrons. The molecule has 1 aliphatic rings. The van der Waals surface area contributed by atoms with Gasteiger partial charge in [-0.05, 0) is 42.8 Å². The number of carbonyl (C=O) groups excluding carboxylic acids is 2. The molecule has 4 aromatic rings. The highest BCUT2D eigenvalue weighted by Crippen LogP contribution is 2.26. The van der Waals surface area contributed by atoms with E-state index in [0.29, 0.717) is 36.1 Å². The van der Waals surface area contributed by atoms with Crippen LogP contribution >= 0.6 is 0 Å². The summed E-state index contributed by atoms with van der Waals surface area (Å²) < 4.78 is 25.8. The zero-order valence-corrected chi connectivity index (χ0v) is 18.6. The lowest BCUT2D eigenvalue weighted by molar-refractivity contribution is 0.000731. The molecular formula is C24H21FN6O4. The fraction of sp³-hybridized carbons (Fsp3) is 0.167. The van der Waals surface area contributed by atoms with Gasteiger partial charge in [0.1, 0.15) is 11.6 Å². The van der Waals surface area contributed by atoms with Crippen LogP contribution < -0.4 is 20.7 Å². The van der Waals surface area contributed by atoms with Gasteiger partial charge in [-0.25, -0.2) is 18.7 Å². The molecule has 0 spiro atoms. The molecule has 2 aromatic heterocycles. The van der Waals surface area contributed by atoms with Gasteiger partial charge in [0.25, 0.3) is 5.91 Å². The predicted molar refractivity (Wildman–Crippen MR) is 125 cm³/mol. The molecule has 0 saturated carbocycles. The first-order valence-electron chi connectivity index (χ1n) is 10.8. The van der Waals surface area contributed by atoms with Crippen molar-refractivity contribution >= 4 is 29.1 Å². The van der Waals surface area contributed by atoms with Gasteiger partial charge in [-0.15, -0.1) is 5.10 Å². The summed E-state index contributed by atoms with van der Waals surface area (Å²) in [6.45, 7) is 2.83. The lowest BCUT2D eigenvalue weighted by atomic mass is 10.1. The maximum atomic E-state index is 13.5. The Balaban J connectivity index is 1.28. The Labute approximate surface area is 199 Å². The fourth-order valence-corrected chi connectivity index (χ4v) is 3.38. The van der Waals surface area contributed by atoms with Crippen LogP contribution in [0.25, 0.3) is 5.65 Å². The van der Waals surface area contributed by atoms with Crippen molar-refractivity contribution in [1.29, 1.82) is 0 Å². The molecule has 3 amide bonds. The van der Waals surface area contributed by atoms with Crippen molar-refractivity contribution in [3.05, 3.63) is 77.7 Å². The van der Waals surface area contributed by atoms with Crippen molar-refractivity contribution in [1.82, 2.24) is 19.9 Å². The van der Waals surface area contributed by atoms with E-state index < -0.39 is 11.7 Å². The van der Waals surface area contributed by atoms with E-state index in [4.69, 9.17) is 9.47 Å². The zero-order chi connectivity index (χ0) is 24.4. The van der Waals surface area contributed by atoms with Crippen LogP contribution in [-0.4, -0.2) is 45.8 Å². The van der Waals surface area contributed by atoms with E-state index in [2.05, 4.69) is 26.0 Å². The SMILES string of the molecule is Cc1ccc(Oc2ccc3nc(NC(=O)NC4COC4)cn3n2)cc1NC(=O)c1cccc(F)c1. The minimum Gasteiger partial charge on any atom is -0.438 e. The van der Waals surface area contributed by atoms with Crippen molar-refractivity contribution < 1.29 is 23.5 Å². The molecule has 1 fully saturated rings. The molecule has 0 atom stereocenters. The molecule has 0 radical (unpaired) electrons. The monoisotopic (exact) mass is 476 g/mol. The van der Waals surface area contributed by atoms with Gasteiger partial charge in [-0.3, -0.25) is 10.1 Å². The molecule has 11 heteroatoms. The number of nitrogens with one attached hydrogen (secondary N) is 3. The van der Waals surface area contributed by atoms with E-state index in [-0.39, 0.29) is 23.5 Å². The van der Waals surface area contributed by atoms with E-state index in [1.54, 1.807) is 36.5 Å². The smallest absolute Gasteiger partial charge is 0.320 e. The number of hydrogen-bond donors (Lipinski definition) is 3. The van der Waals surface area contributed by atoms with Crippen LogP contribution in [0.4, 0.5) is 20.7 Å². The third-order valence-corrected chi connectivity index (χ3v) is 5.28. The average molecular weight is 476 g/mol. The Morgan fingerprint density at radius 1 is 1.11 bits per heavy atom. The van der Waals surface area contributed by atoms with E-state index in [9.17, 15) is 14.0 Å². The summed E-state index contributed by atoms with van der Waals surface area (Å²) in [5.74, 6) is 0.141. The van der Waals surface area contributed by atoms with Crippen LogP contribution in [0.1, 0.15) is 15.9 Å². The highest BCUT2D eigenvalue weighted by atomic mass is 19.1. The van der Waals surface area contributed by atoms with Crippen LogP contribution in [0.5, 0.6) is 11.6 Å². The lowest BCUT2D eigenvalue weighted by Crippen LogP contribution is -2.50. The largest absolute Gasteiger partial charge is 0.438 e. The fourth-order valence-electron chi connectivity index (χ4n) is 3.38. The minimum absolute atomic E-state index is 0.00297. The Hall–Kier alpha value is -4.51. The Morgan fingerprint density at radius 2 is 1.97 bits per heavy atom. The van der Waals surface area contributed by atoms with Crippen molar-refractivity contribution in [2.75, 3.05) is 23.8 Å². The first-order chi connectivity index (χ1) is 16.9. The molecule has 1 saturated heterocycles. The number of halogens is 1. The number of fused-ring (bicyclic) bond motifs is 1. The Morgan fingerprint density at radius 3 is 2.74 bits per heavy atom. The van der Waals surface area contributed by atoms with Crippen LogP contribution in [0.2, 0.25) is 0 Å². The van der Waals surface area contributed by atoms with Crippen LogP contribution in [0, 0.1) is 12.7 Å². The third kappa shape index (κ3) is 5.20. The number of carbonyl (C=O) groups is 2. The second-order valence-corrected chi connectivity index (χ2v) is 7.98. The van der Waals surface area contributed by atoms with Gasteiger partial charge in [0.2, 0.25) is 5.88 Å². The summed E-state index contributed by atoms with van der Waals surface area (Å²) in [6.07, 6.45) is 1.57. The summed E-state index contributed by atoms with van der Waals surface area (Å²) in [5.41, 5.74) is 2.06. The first-order valence-corrected chi connectivity index (χ1v) is 10.8. The zero-order valence-electron chi connectivity index (χ0n) is 18.6. The van der Waals surface area contributed by atoms with E-state index in [1.165, 1.54) is 28.8 Å². The van der Waals surface area contributed by atoms with Crippen LogP contribution in [0.3, 0.4) is 0 Å². The van der Waals surface area contributed by atoms with Gasteiger partial charge in [0.05, 0.1) is 25.5 Å². The predicted octanol–water partition coefficient (Wildman–Crippen LogP) is 3.74. The van der Waals surface area contributed by atoms with Gasteiger partial charge in [-0.2, -0.15) is 0 Å². The average Bonchev–Trinajstić information content (AvgIpc) is 3.20. The van der Waals surface area contributed by atoms with Gasteiger partial charge < -0.3 is 20.1 Å². The third-order valence-electron chi connectivity index (χ3n) is 5.28. The van der Waals surface area contributed by atoms with E-state index >= 15 is 0 Å². The second kappa shape index (κ2) is 9.39. The number of hydrogen-bond acceptors (Lipinski definition) is 6. The molecule has 1 aliphatic heterocycles. The molecule has 5 rings (SSSR count). The van der Waals surface area contributed by atoms with Crippen molar-refractivity contribution in [3.63, 3.8) is 0 Å². The number of nitrogens with zero attached hydrogens (tertiary/aromatic N) is 3. The van der Waals surface area contributed by atoms with Gasteiger partial charge in [0, 0.05) is 23.4 Å². The minimum atomic E-state index is -0.487. The first kappa shape index (κ1) is 22.3. The second-order valence-electron chi connectivity index (χ2n) is 7.98. The number of rotatable bonds is 6. The highest BCUT2D eigenvalue weighted by Gasteiger charge is 2.20. The number of ether oxygens (including phenoxy) is 2. The summed E-state index contributed by atoms with van der Waals surface area (Å²) in [4.78, 5) is 28.8. The highest BCUT2D eigenvalue weighted by molar-refractivity contribution is 6.04. The number of benzene rings is 2.